The van der Waals surface area contributed by atoms with Crippen LogP contribution in [0.3, 0.4) is 0 Å². The van der Waals surface area contributed by atoms with Crippen molar-refractivity contribution in [1.29, 1.82) is 0 Å². The fraction of sp³-hybridized carbons (Fsp3) is 0.281. The zero-order valence-corrected chi connectivity index (χ0v) is 28.8. The van der Waals surface area contributed by atoms with Gasteiger partial charge in [0.05, 0.1) is 49.5 Å². The van der Waals surface area contributed by atoms with E-state index in [-0.39, 0.29) is 4.90 Å². The van der Waals surface area contributed by atoms with Gasteiger partial charge >= 0.3 is 5.82 Å². The van der Waals surface area contributed by atoms with E-state index in [9.17, 15) is 13.0 Å². The van der Waals surface area contributed by atoms with E-state index in [4.69, 9.17) is 46.4 Å². The van der Waals surface area contributed by atoms with Crippen LogP contribution in [0, 0.1) is 18.8 Å². The molecule has 3 aromatic carbocycles. The number of fused-ring (bicyclic) bond motifs is 2. The van der Waals surface area contributed by atoms with Crippen LogP contribution in [0.25, 0.3) is 11.0 Å². The molecule has 0 unspecified atom stereocenters. The van der Waals surface area contributed by atoms with Crippen molar-refractivity contribution in [3.05, 3.63) is 91.9 Å². The molecule has 0 bridgehead atoms. The summed E-state index contributed by atoms with van der Waals surface area (Å²) in [6.45, 7) is 13.4. The van der Waals surface area contributed by atoms with Gasteiger partial charge < -0.3 is 14.4 Å². The highest BCUT2D eigenvalue weighted by Gasteiger charge is 2.30. The van der Waals surface area contributed by atoms with Crippen LogP contribution in [0.1, 0.15) is 39.1 Å². The van der Waals surface area contributed by atoms with Crippen LogP contribution in [-0.2, 0) is 23.2 Å². The fourth-order valence-corrected chi connectivity index (χ4v) is 6.25. The predicted molar refractivity (Wildman–Crippen MR) is 180 cm³/mol. The number of nitrogens with zero attached hydrogens (tertiary/aromatic N) is 4. The average molecular weight is 695 g/mol. The predicted octanol–water partition coefficient (Wildman–Crippen LogP) is 8.04. The normalized spacial score (nSPS) is 12.5. The van der Waals surface area contributed by atoms with Gasteiger partial charge in [0.15, 0.2) is 11.0 Å². The maximum atomic E-state index is 10.4. The Morgan fingerprint density at radius 1 is 0.818 bits per heavy atom. The van der Waals surface area contributed by atoms with E-state index in [1.807, 2.05) is 37.3 Å². The Morgan fingerprint density at radius 2 is 1.34 bits per heavy atom. The number of rotatable bonds is 5. The Kier molecular flexibility index (Phi) is 10.8. The monoisotopic (exact) mass is 692 g/mol. The zero-order chi connectivity index (χ0) is 32.3. The molecule has 232 valence electrons. The third kappa shape index (κ3) is 6.84. The summed E-state index contributed by atoms with van der Waals surface area (Å²) in [5.74, 6) is 8.62. The first-order valence-corrected chi connectivity index (χ1v) is 17.0. The Balaban J connectivity index is 0.000000339. The lowest BCUT2D eigenvalue weighted by Gasteiger charge is -2.22. The van der Waals surface area contributed by atoms with Crippen LogP contribution < -0.4 is 14.4 Å². The van der Waals surface area contributed by atoms with Gasteiger partial charge in [-0.05, 0) is 58.9 Å². The van der Waals surface area contributed by atoms with E-state index in [2.05, 4.69) is 58.5 Å². The number of hydrogen-bond acceptors (Lipinski definition) is 5. The van der Waals surface area contributed by atoms with Crippen molar-refractivity contribution in [2.75, 3.05) is 22.9 Å². The summed E-state index contributed by atoms with van der Waals surface area (Å²) in [5, 5.41) is 2.18. The molecule has 4 aromatic rings. The highest BCUT2D eigenvalue weighted by atomic mass is 35.5. The van der Waals surface area contributed by atoms with Crippen LogP contribution in [0.2, 0.25) is 20.1 Å². The summed E-state index contributed by atoms with van der Waals surface area (Å²) in [6, 6.07) is 13.5. The highest BCUT2D eigenvalue weighted by molar-refractivity contribution is 7.85. The summed E-state index contributed by atoms with van der Waals surface area (Å²) in [4.78, 5) is 4.24. The number of allylic oxidation sites excluding steroid dienone is 1. The first kappa shape index (κ1) is 34.0. The molecule has 2 heterocycles. The second-order valence-electron chi connectivity index (χ2n) is 9.85. The number of aromatic nitrogens is 2. The highest BCUT2D eigenvalue weighted by Crippen LogP contribution is 2.45. The molecule has 0 saturated carbocycles. The van der Waals surface area contributed by atoms with Crippen molar-refractivity contribution in [1.82, 2.24) is 4.57 Å². The van der Waals surface area contributed by atoms with E-state index in [0.717, 1.165) is 65.8 Å². The van der Waals surface area contributed by atoms with E-state index in [1.54, 1.807) is 12.1 Å². The molecule has 12 heteroatoms. The number of aryl methyl sites for hydroxylation is 3. The first-order chi connectivity index (χ1) is 20.9. The molecule has 0 fully saturated rings. The SMILES string of the molecule is CCN1C(=CC#Cc2n(CC)c3cc(Cl)c(Cl)cc3[n+]2CC)N(CC)c2cc(Cl)c(Cl)cc21.Cc1ccc(S(=O)(=O)[O-])cc1. The van der Waals surface area contributed by atoms with Crippen molar-refractivity contribution in [2.45, 2.75) is 52.6 Å². The standard InChI is InChI=1S/C25H25Cl4N4.C7H8O3S/c1-5-30-20-12-16(26)17(27)13-21(20)31(6-2)24(30)10-9-11-25-32(7-3)22-14-18(28)19(29)15-23(22)33(25)8-4;1-6-2-4-7(5-3-6)11(8,9)10/h10,12-15H,5-8H2,1-4H3;2-5H,1H3,(H,8,9,10)/q+1;/p-1. The molecule has 0 aliphatic carbocycles. The minimum atomic E-state index is -4.27. The number of hydrogen-bond donors (Lipinski definition) is 0. The topological polar surface area (TPSA) is 72.5 Å². The van der Waals surface area contributed by atoms with Crippen LogP contribution in [-0.4, -0.2) is 30.6 Å². The molecule has 0 N–H and O–H groups in total. The quantitative estimate of drug-likeness (QED) is 0.120. The van der Waals surface area contributed by atoms with E-state index < -0.39 is 10.1 Å². The molecule has 1 aliphatic rings. The lowest BCUT2D eigenvalue weighted by atomic mass is 10.2. The van der Waals surface area contributed by atoms with Crippen LogP contribution in [0.4, 0.5) is 11.4 Å². The van der Waals surface area contributed by atoms with Crippen LogP contribution >= 0.6 is 46.4 Å². The lowest BCUT2D eigenvalue weighted by molar-refractivity contribution is -0.671. The second kappa shape index (κ2) is 14.0. The maximum absolute atomic E-state index is 10.4. The molecule has 1 aromatic heterocycles. The van der Waals surface area contributed by atoms with Crippen LogP contribution in [0.15, 0.2) is 65.3 Å². The average Bonchev–Trinajstić information content (AvgIpc) is 3.43. The number of imidazole rings is 1. The molecular formula is C32H32Cl4N4O3S. The number of halogens is 4. The molecule has 0 spiro atoms. The third-order valence-electron chi connectivity index (χ3n) is 7.22. The molecule has 0 saturated heterocycles. The molecular weight excluding hydrogens is 662 g/mol. The summed E-state index contributed by atoms with van der Waals surface area (Å²) >= 11 is 25.3. The Hall–Kier alpha value is -2.90. The summed E-state index contributed by atoms with van der Waals surface area (Å²) in [6.07, 6.45) is 1.96. The molecule has 7 nitrogen and oxygen atoms in total. The Morgan fingerprint density at radius 3 is 1.82 bits per heavy atom. The zero-order valence-electron chi connectivity index (χ0n) is 25.0. The van der Waals surface area contributed by atoms with Gasteiger partial charge in [-0.2, -0.15) is 0 Å². The molecule has 0 radical (unpaired) electrons. The van der Waals surface area contributed by atoms with Gasteiger partial charge in [-0.1, -0.05) is 70.0 Å². The second-order valence-corrected chi connectivity index (χ2v) is 12.9. The molecule has 0 atom stereocenters. The Bertz CT molecular complexity index is 1820. The summed E-state index contributed by atoms with van der Waals surface area (Å²) in [7, 11) is -4.27. The number of anilines is 2. The first-order valence-electron chi connectivity index (χ1n) is 14.1. The smallest absolute Gasteiger partial charge is 0.336 e. The summed E-state index contributed by atoms with van der Waals surface area (Å²) in [5.41, 5.74) is 5.05. The van der Waals surface area contributed by atoms with E-state index >= 15 is 0 Å². The van der Waals surface area contributed by atoms with Crippen molar-refractivity contribution < 1.29 is 17.5 Å². The fourth-order valence-electron chi connectivity index (χ4n) is 5.15. The largest absolute Gasteiger partial charge is 0.744 e. The van der Waals surface area contributed by atoms with Gasteiger partial charge in [0, 0.05) is 37.2 Å². The van der Waals surface area contributed by atoms with E-state index in [0.29, 0.717) is 20.1 Å². The van der Waals surface area contributed by atoms with Gasteiger partial charge in [0.1, 0.15) is 15.9 Å². The summed E-state index contributed by atoms with van der Waals surface area (Å²) < 4.78 is 35.5. The molecule has 1 aliphatic heterocycles. The van der Waals surface area contributed by atoms with Crippen LogP contribution in [0.5, 0.6) is 0 Å². The van der Waals surface area contributed by atoms with E-state index in [1.165, 1.54) is 12.1 Å². The van der Waals surface area contributed by atoms with Gasteiger partial charge in [-0.3, -0.25) is 0 Å². The van der Waals surface area contributed by atoms with Crippen molar-refractivity contribution in [2.24, 2.45) is 0 Å². The molecule has 5 rings (SSSR count). The van der Waals surface area contributed by atoms with Crippen molar-refractivity contribution in [3.8, 4) is 11.8 Å². The lowest BCUT2D eigenvalue weighted by Crippen LogP contribution is -2.35. The number of benzene rings is 3. The van der Waals surface area contributed by atoms with Gasteiger partial charge in [0.25, 0.3) is 0 Å². The van der Waals surface area contributed by atoms with Gasteiger partial charge in [0.2, 0.25) is 0 Å². The van der Waals surface area contributed by atoms with Crippen molar-refractivity contribution in [3.63, 3.8) is 0 Å². The maximum Gasteiger partial charge on any atom is 0.336 e. The minimum Gasteiger partial charge on any atom is -0.744 e. The molecule has 44 heavy (non-hydrogen) atoms. The van der Waals surface area contributed by atoms with Gasteiger partial charge in [-0.15, -0.1) is 0 Å². The molecule has 0 amide bonds. The Labute approximate surface area is 278 Å². The third-order valence-corrected chi connectivity index (χ3v) is 9.52. The minimum absolute atomic E-state index is 0.178. The van der Waals surface area contributed by atoms with Gasteiger partial charge in [-0.25, -0.2) is 17.6 Å². The van der Waals surface area contributed by atoms with Crippen molar-refractivity contribution >= 4 is 78.9 Å².